The predicted octanol–water partition coefficient (Wildman–Crippen LogP) is 3.66. The number of benzene rings is 2. The maximum Gasteiger partial charge on any atom is 0.243 e. The summed E-state index contributed by atoms with van der Waals surface area (Å²) >= 11 is 0. The molecule has 0 N–H and O–H groups in total. The van der Waals surface area contributed by atoms with Crippen LogP contribution in [-0.2, 0) is 16.6 Å². The molecule has 3 aromatic rings. The van der Waals surface area contributed by atoms with Gasteiger partial charge < -0.3 is 4.90 Å². The molecule has 0 atom stereocenters. The molecule has 0 saturated carbocycles. The highest BCUT2D eigenvalue weighted by molar-refractivity contribution is 7.89. The first kappa shape index (κ1) is 17.9. The van der Waals surface area contributed by atoms with Crippen LogP contribution in [0.3, 0.4) is 0 Å². The number of hydrogen-bond acceptors (Lipinski definition) is 4. The highest BCUT2D eigenvalue weighted by Gasteiger charge is 2.27. The van der Waals surface area contributed by atoms with Crippen molar-refractivity contribution in [3.05, 3.63) is 66.2 Å². The minimum absolute atomic E-state index is 0.351. The summed E-state index contributed by atoms with van der Waals surface area (Å²) in [6.07, 6.45) is 1.87. The summed E-state index contributed by atoms with van der Waals surface area (Å²) in [6.45, 7) is 1.99. The fraction of sp³-hybridized carbons (Fsp3) is 0.286. The Hall–Kier alpha value is -2.44. The van der Waals surface area contributed by atoms with Gasteiger partial charge in [-0.2, -0.15) is 4.31 Å². The van der Waals surface area contributed by atoms with E-state index in [1.807, 2.05) is 37.4 Å². The third-order valence-corrected chi connectivity index (χ3v) is 6.90. The minimum Gasteiger partial charge on any atom is -0.355 e. The number of anilines is 1. The Kier molecular flexibility index (Phi) is 4.85. The van der Waals surface area contributed by atoms with Gasteiger partial charge in [0.25, 0.3) is 0 Å². The fourth-order valence-corrected chi connectivity index (χ4v) is 5.03. The number of sulfonamides is 1. The number of fused-ring (bicyclic) bond motifs is 1. The maximum absolute atomic E-state index is 12.8. The zero-order valence-corrected chi connectivity index (χ0v) is 16.2. The molecule has 0 unspecified atom stereocenters. The van der Waals surface area contributed by atoms with Crippen LogP contribution in [0, 0.1) is 0 Å². The van der Waals surface area contributed by atoms with Crippen molar-refractivity contribution in [1.82, 2.24) is 9.29 Å². The van der Waals surface area contributed by atoms with Gasteiger partial charge in [-0.25, -0.2) is 13.4 Å². The summed E-state index contributed by atoms with van der Waals surface area (Å²) < 4.78 is 27.1. The van der Waals surface area contributed by atoms with Gasteiger partial charge in [0.2, 0.25) is 10.0 Å². The number of rotatable bonds is 5. The third-order valence-electron chi connectivity index (χ3n) is 5.00. The second kappa shape index (κ2) is 7.29. The van der Waals surface area contributed by atoms with Crippen molar-refractivity contribution in [3.8, 4) is 0 Å². The average molecular weight is 382 g/mol. The number of aromatic nitrogens is 1. The highest BCUT2D eigenvalue weighted by atomic mass is 32.2. The molecule has 5 nitrogen and oxygen atoms in total. The van der Waals surface area contributed by atoms with Crippen molar-refractivity contribution in [2.24, 2.45) is 0 Å². The van der Waals surface area contributed by atoms with Gasteiger partial charge in [0, 0.05) is 32.1 Å². The van der Waals surface area contributed by atoms with Crippen LogP contribution >= 0.6 is 0 Å². The van der Waals surface area contributed by atoms with E-state index in [0.717, 1.165) is 36.1 Å². The van der Waals surface area contributed by atoms with Crippen LogP contribution in [0.25, 0.3) is 10.9 Å². The molecule has 1 aromatic heterocycles. The van der Waals surface area contributed by atoms with Crippen molar-refractivity contribution >= 4 is 26.7 Å². The molecule has 0 bridgehead atoms. The van der Waals surface area contributed by atoms with Crippen LogP contribution in [0.1, 0.15) is 18.4 Å². The van der Waals surface area contributed by atoms with Gasteiger partial charge in [0.15, 0.2) is 0 Å². The standard InChI is InChI=1S/C21H23N3O2S/c1-23(16-17-7-3-2-4-8-17)21-12-9-18-15-19(10-11-20(18)22-21)27(25,26)24-13-5-6-14-24/h2-4,7-12,15H,5-6,13-14,16H2,1H3. The lowest BCUT2D eigenvalue weighted by Crippen LogP contribution is -2.27. The van der Waals surface area contributed by atoms with Crippen LogP contribution in [0.2, 0.25) is 0 Å². The molecule has 1 fully saturated rings. The van der Waals surface area contributed by atoms with Gasteiger partial charge in [-0.1, -0.05) is 30.3 Å². The number of pyridine rings is 1. The molecule has 0 spiro atoms. The molecular formula is C21H23N3O2S. The molecule has 1 aliphatic rings. The second-order valence-electron chi connectivity index (χ2n) is 6.98. The first-order valence-corrected chi connectivity index (χ1v) is 10.6. The Morgan fingerprint density at radius 2 is 1.74 bits per heavy atom. The van der Waals surface area contributed by atoms with E-state index in [1.165, 1.54) is 5.56 Å². The summed E-state index contributed by atoms with van der Waals surface area (Å²) in [5.74, 6) is 0.863. The molecule has 0 amide bonds. The molecular weight excluding hydrogens is 358 g/mol. The van der Waals surface area contributed by atoms with Crippen LogP contribution in [0.15, 0.2) is 65.6 Å². The normalized spacial score (nSPS) is 15.3. The summed E-state index contributed by atoms with van der Waals surface area (Å²) in [6, 6.07) is 19.3. The second-order valence-corrected chi connectivity index (χ2v) is 8.91. The first-order valence-electron chi connectivity index (χ1n) is 9.20. The third kappa shape index (κ3) is 3.68. The molecule has 1 aliphatic heterocycles. The van der Waals surface area contributed by atoms with Gasteiger partial charge in [-0.3, -0.25) is 0 Å². The Bertz CT molecular complexity index is 1050. The van der Waals surface area contributed by atoms with Crippen molar-refractivity contribution in [1.29, 1.82) is 0 Å². The van der Waals surface area contributed by atoms with Gasteiger partial charge in [0.05, 0.1) is 10.4 Å². The van der Waals surface area contributed by atoms with Crippen molar-refractivity contribution in [2.75, 3.05) is 25.0 Å². The van der Waals surface area contributed by atoms with E-state index in [2.05, 4.69) is 17.0 Å². The zero-order valence-electron chi connectivity index (χ0n) is 15.4. The van der Waals surface area contributed by atoms with Gasteiger partial charge >= 0.3 is 0 Å². The van der Waals surface area contributed by atoms with E-state index in [4.69, 9.17) is 4.98 Å². The topological polar surface area (TPSA) is 53.5 Å². The van der Waals surface area contributed by atoms with Crippen molar-refractivity contribution in [3.63, 3.8) is 0 Å². The summed E-state index contributed by atoms with van der Waals surface area (Å²) in [7, 11) is -1.39. The van der Waals surface area contributed by atoms with E-state index in [0.29, 0.717) is 18.0 Å². The molecule has 1 saturated heterocycles. The Morgan fingerprint density at radius 3 is 2.48 bits per heavy atom. The number of nitrogens with zero attached hydrogens (tertiary/aromatic N) is 3. The van der Waals surface area contributed by atoms with Crippen LogP contribution < -0.4 is 4.90 Å². The summed E-state index contributed by atoms with van der Waals surface area (Å²) in [5, 5.41) is 0.840. The Labute approximate surface area is 160 Å². The smallest absolute Gasteiger partial charge is 0.243 e. The summed E-state index contributed by atoms with van der Waals surface area (Å²) in [4.78, 5) is 7.15. The highest BCUT2D eigenvalue weighted by Crippen LogP contribution is 2.25. The van der Waals surface area contributed by atoms with Gasteiger partial charge in [-0.15, -0.1) is 0 Å². The fourth-order valence-electron chi connectivity index (χ4n) is 3.48. The van der Waals surface area contributed by atoms with Crippen LogP contribution in [0.4, 0.5) is 5.82 Å². The summed E-state index contributed by atoms with van der Waals surface area (Å²) in [5.41, 5.74) is 2.02. The zero-order chi connectivity index (χ0) is 18.9. The molecule has 0 aliphatic carbocycles. The average Bonchev–Trinajstić information content (AvgIpc) is 3.23. The lowest BCUT2D eigenvalue weighted by atomic mass is 10.2. The molecule has 2 aromatic carbocycles. The SMILES string of the molecule is CN(Cc1ccccc1)c1ccc2cc(S(=O)(=O)N3CCCC3)ccc2n1. The van der Waals surface area contributed by atoms with Crippen molar-refractivity contribution in [2.45, 2.75) is 24.3 Å². The molecule has 27 heavy (non-hydrogen) atoms. The van der Waals surface area contributed by atoms with E-state index in [9.17, 15) is 8.42 Å². The molecule has 6 heteroatoms. The lowest BCUT2D eigenvalue weighted by molar-refractivity contribution is 0.477. The first-order chi connectivity index (χ1) is 13.0. The van der Waals surface area contributed by atoms with Crippen LogP contribution in [0.5, 0.6) is 0 Å². The van der Waals surface area contributed by atoms with E-state index >= 15 is 0 Å². The lowest BCUT2D eigenvalue weighted by Gasteiger charge is -2.19. The van der Waals surface area contributed by atoms with E-state index in [-0.39, 0.29) is 0 Å². The Balaban J connectivity index is 1.60. The molecule has 4 rings (SSSR count). The minimum atomic E-state index is -3.40. The van der Waals surface area contributed by atoms with Gasteiger partial charge in [0.1, 0.15) is 5.82 Å². The molecule has 140 valence electrons. The van der Waals surface area contributed by atoms with E-state index < -0.39 is 10.0 Å². The maximum atomic E-state index is 12.8. The largest absolute Gasteiger partial charge is 0.355 e. The van der Waals surface area contributed by atoms with Crippen LogP contribution in [-0.4, -0.2) is 37.8 Å². The van der Waals surface area contributed by atoms with Crippen molar-refractivity contribution < 1.29 is 8.42 Å². The van der Waals surface area contributed by atoms with Gasteiger partial charge in [-0.05, 0) is 48.7 Å². The quantitative estimate of drug-likeness (QED) is 0.677. The molecule has 0 radical (unpaired) electrons. The van der Waals surface area contributed by atoms with E-state index in [1.54, 1.807) is 22.5 Å². The number of hydrogen-bond donors (Lipinski definition) is 0. The predicted molar refractivity (Wildman–Crippen MR) is 108 cm³/mol. The monoisotopic (exact) mass is 381 g/mol. The Morgan fingerprint density at radius 1 is 1.00 bits per heavy atom. The molecule has 2 heterocycles.